The fraction of sp³-hybridized carbons (Fsp3) is 0.200. The zero-order valence-corrected chi connectivity index (χ0v) is 16.7. The minimum Gasteiger partial charge on any atom is -0.307 e. The van der Waals surface area contributed by atoms with E-state index in [0.717, 1.165) is 0 Å². The average Bonchev–Trinajstić information content (AvgIpc) is 2.59. The third-order valence-electron chi connectivity index (χ3n) is 4.36. The Morgan fingerprint density at radius 1 is 1.00 bits per heavy atom. The zero-order chi connectivity index (χ0) is 20.6. The largest absolute Gasteiger partial charge is 0.307 e. The molecule has 3 aromatic rings. The Labute approximate surface area is 162 Å². The van der Waals surface area contributed by atoms with E-state index in [9.17, 15) is 17.6 Å². The molecular formula is C20H20FN3O3S. The van der Waals surface area contributed by atoms with E-state index < -0.39 is 15.8 Å². The average molecular weight is 401 g/mol. The van der Waals surface area contributed by atoms with E-state index in [0.29, 0.717) is 33.9 Å². The lowest BCUT2D eigenvalue weighted by Crippen LogP contribution is -2.17. The number of aryl methyl sites for hydroxylation is 3. The molecule has 0 saturated heterocycles. The van der Waals surface area contributed by atoms with Crippen molar-refractivity contribution in [1.29, 1.82) is 0 Å². The maximum Gasteiger partial charge on any atom is 0.262 e. The van der Waals surface area contributed by atoms with Gasteiger partial charge in [-0.25, -0.2) is 17.8 Å². The molecule has 0 radical (unpaired) electrons. The standard InChI is InChI=1S/C20H20FN3O3S/c1-11-9-12(2)19(14(4)18(11)21)28(26,27)24-16-7-5-15(6-8-16)20-22-13(3)10-17(25)23-20/h5-10,24H,1-4H3,(H,22,23,25). The van der Waals surface area contributed by atoms with Gasteiger partial charge in [0.1, 0.15) is 11.6 Å². The molecule has 0 aliphatic heterocycles. The molecule has 3 rings (SSSR count). The Morgan fingerprint density at radius 2 is 1.64 bits per heavy atom. The number of benzene rings is 2. The minimum atomic E-state index is -3.97. The van der Waals surface area contributed by atoms with Crippen LogP contribution in [0.15, 0.2) is 46.1 Å². The van der Waals surface area contributed by atoms with Crippen LogP contribution >= 0.6 is 0 Å². The molecule has 0 spiro atoms. The normalized spacial score (nSPS) is 11.5. The summed E-state index contributed by atoms with van der Waals surface area (Å²) in [6.45, 7) is 6.40. The van der Waals surface area contributed by atoms with Gasteiger partial charge in [0.2, 0.25) is 0 Å². The lowest BCUT2D eigenvalue weighted by molar-refractivity contribution is 0.585. The first kappa shape index (κ1) is 19.8. The van der Waals surface area contributed by atoms with Gasteiger partial charge in [0.15, 0.2) is 0 Å². The van der Waals surface area contributed by atoms with E-state index in [4.69, 9.17) is 0 Å². The van der Waals surface area contributed by atoms with Crippen molar-refractivity contribution in [3.05, 3.63) is 75.0 Å². The van der Waals surface area contributed by atoms with Crippen molar-refractivity contribution in [2.24, 2.45) is 0 Å². The van der Waals surface area contributed by atoms with Gasteiger partial charge in [-0.05, 0) is 63.1 Å². The number of H-pyrrole nitrogens is 1. The van der Waals surface area contributed by atoms with Crippen molar-refractivity contribution in [2.75, 3.05) is 4.72 Å². The quantitative estimate of drug-likeness (QED) is 0.699. The van der Waals surface area contributed by atoms with Gasteiger partial charge in [-0.1, -0.05) is 6.07 Å². The topological polar surface area (TPSA) is 91.9 Å². The third-order valence-corrected chi connectivity index (χ3v) is 6.03. The molecule has 0 aliphatic rings. The first-order valence-electron chi connectivity index (χ1n) is 8.56. The molecule has 0 fully saturated rings. The second-order valence-corrected chi connectivity index (χ2v) is 8.32. The Bertz CT molecular complexity index is 1220. The van der Waals surface area contributed by atoms with Crippen molar-refractivity contribution in [3.63, 3.8) is 0 Å². The molecule has 28 heavy (non-hydrogen) atoms. The molecule has 0 aliphatic carbocycles. The first-order valence-corrected chi connectivity index (χ1v) is 10.0. The van der Waals surface area contributed by atoms with Gasteiger partial charge in [-0.2, -0.15) is 0 Å². The van der Waals surface area contributed by atoms with Crippen molar-refractivity contribution in [3.8, 4) is 11.4 Å². The Hall–Kier alpha value is -3.00. The zero-order valence-electron chi connectivity index (χ0n) is 15.9. The summed E-state index contributed by atoms with van der Waals surface area (Å²) in [6, 6.07) is 9.31. The molecule has 2 aromatic carbocycles. The summed E-state index contributed by atoms with van der Waals surface area (Å²) in [7, 11) is -3.97. The third kappa shape index (κ3) is 3.82. The van der Waals surface area contributed by atoms with Crippen molar-refractivity contribution in [2.45, 2.75) is 32.6 Å². The van der Waals surface area contributed by atoms with Crippen LogP contribution in [0.25, 0.3) is 11.4 Å². The number of nitrogens with one attached hydrogen (secondary N) is 2. The van der Waals surface area contributed by atoms with Crippen molar-refractivity contribution < 1.29 is 12.8 Å². The number of hydrogen-bond donors (Lipinski definition) is 2. The van der Waals surface area contributed by atoms with Crippen LogP contribution in [0.4, 0.5) is 10.1 Å². The van der Waals surface area contributed by atoms with Crippen molar-refractivity contribution >= 4 is 15.7 Å². The summed E-state index contributed by atoms with van der Waals surface area (Å²) in [4.78, 5) is 18.4. The number of hydrogen-bond acceptors (Lipinski definition) is 4. The highest BCUT2D eigenvalue weighted by Gasteiger charge is 2.23. The van der Waals surface area contributed by atoms with Crippen LogP contribution in [-0.2, 0) is 10.0 Å². The number of rotatable bonds is 4. The molecule has 0 saturated carbocycles. The summed E-state index contributed by atoms with van der Waals surface area (Å²) in [5.41, 5.74) is 2.23. The van der Waals surface area contributed by atoms with Gasteiger partial charge in [-0.3, -0.25) is 9.52 Å². The summed E-state index contributed by atoms with van der Waals surface area (Å²) in [5, 5.41) is 0. The summed E-state index contributed by atoms with van der Waals surface area (Å²) >= 11 is 0. The molecule has 146 valence electrons. The van der Waals surface area contributed by atoms with Crippen LogP contribution < -0.4 is 10.3 Å². The molecule has 6 nitrogen and oxygen atoms in total. The van der Waals surface area contributed by atoms with Gasteiger partial charge >= 0.3 is 0 Å². The molecular weight excluding hydrogens is 381 g/mol. The fourth-order valence-corrected chi connectivity index (χ4v) is 4.70. The fourth-order valence-electron chi connectivity index (χ4n) is 3.18. The predicted octanol–water partition coefficient (Wildman–Crippen LogP) is 3.61. The monoisotopic (exact) mass is 401 g/mol. The molecule has 0 bridgehead atoms. The number of anilines is 1. The highest BCUT2D eigenvalue weighted by Crippen LogP contribution is 2.27. The molecule has 1 aromatic heterocycles. The van der Waals surface area contributed by atoms with Gasteiger partial charge in [0.25, 0.3) is 15.6 Å². The highest BCUT2D eigenvalue weighted by atomic mass is 32.2. The Balaban J connectivity index is 1.94. The van der Waals surface area contributed by atoms with Gasteiger partial charge < -0.3 is 4.98 Å². The van der Waals surface area contributed by atoms with Crippen LogP contribution in [-0.4, -0.2) is 18.4 Å². The minimum absolute atomic E-state index is 0.0654. The molecule has 8 heteroatoms. The molecule has 0 unspecified atom stereocenters. The molecule has 2 N–H and O–H groups in total. The van der Waals surface area contributed by atoms with Crippen LogP contribution in [0.3, 0.4) is 0 Å². The summed E-state index contributed by atoms with van der Waals surface area (Å²) in [5.74, 6) is -0.137. The van der Waals surface area contributed by atoms with E-state index >= 15 is 0 Å². The number of nitrogens with zero attached hydrogens (tertiary/aromatic N) is 1. The van der Waals surface area contributed by atoms with Crippen LogP contribution in [0.2, 0.25) is 0 Å². The molecule has 0 amide bonds. The predicted molar refractivity (Wildman–Crippen MR) is 106 cm³/mol. The number of halogens is 1. The van der Waals surface area contributed by atoms with E-state index in [1.807, 2.05) is 0 Å². The van der Waals surface area contributed by atoms with E-state index in [1.54, 1.807) is 45.0 Å². The van der Waals surface area contributed by atoms with Crippen molar-refractivity contribution in [1.82, 2.24) is 9.97 Å². The second kappa shape index (κ2) is 7.20. The Morgan fingerprint density at radius 3 is 2.25 bits per heavy atom. The van der Waals surface area contributed by atoms with Crippen LogP contribution in [0.1, 0.15) is 22.4 Å². The van der Waals surface area contributed by atoms with Crippen LogP contribution in [0.5, 0.6) is 0 Å². The van der Waals surface area contributed by atoms with E-state index in [2.05, 4.69) is 14.7 Å². The first-order chi connectivity index (χ1) is 13.1. The summed E-state index contributed by atoms with van der Waals surface area (Å²) < 4.78 is 42.3. The summed E-state index contributed by atoms with van der Waals surface area (Å²) in [6.07, 6.45) is 0. The second-order valence-electron chi connectivity index (χ2n) is 6.70. The number of aromatic nitrogens is 2. The molecule has 1 heterocycles. The Kier molecular flexibility index (Phi) is 5.08. The SMILES string of the molecule is Cc1cc(=O)[nH]c(-c2ccc(NS(=O)(=O)c3c(C)cc(C)c(F)c3C)cc2)n1. The number of aromatic amines is 1. The smallest absolute Gasteiger partial charge is 0.262 e. The van der Waals surface area contributed by atoms with Gasteiger partial charge in [0, 0.05) is 28.6 Å². The lowest BCUT2D eigenvalue weighted by atomic mass is 10.1. The van der Waals surface area contributed by atoms with Gasteiger partial charge in [0.05, 0.1) is 4.90 Å². The maximum atomic E-state index is 14.2. The van der Waals surface area contributed by atoms with Crippen LogP contribution in [0, 0.1) is 33.5 Å². The number of sulfonamides is 1. The van der Waals surface area contributed by atoms with Gasteiger partial charge in [-0.15, -0.1) is 0 Å². The molecule has 0 atom stereocenters. The van der Waals surface area contributed by atoms with E-state index in [1.165, 1.54) is 19.1 Å². The highest BCUT2D eigenvalue weighted by molar-refractivity contribution is 7.92. The van der Waals surface area contributed by atoms with E-state index in [-0.39, 0.29) is 16.0 Å². The maximum absolute atomic E-state index is 14.2. The lowest BCUT2D eigenvalue weighted by Gasteiger charge is -2.15.